The number of amides is 1. The minimum atomic E-state index is -1.92. The Morgan fingerprint density at radius 2 is 1.44 bits per heavy atom. The van der Waals surface area contributed by atoms with Gasteiger partial charge < -0.3 is 16.0 Å². The third-order valence-corrected chi connectivity index (χ3v) is 5.03. The molecule has 0 bridgehead atoms. The van der Waals surface area contributed by atoms with Gasteiger partial charge in [-0.05, 0) is 36.5 Å². The van der Waals surface area contributed by atoms with Gasteiger partial charge in [-0.25, -0.2) is 0 Å². The molecule has 4 nitrogen and oxygen atoms in total. The van der Waals surface area contributed by atoms with E-state index in [4.69, 9.17) is 81.8 Å². The number of anilines is 1. The van der Waals surface area contributed by atoms with Crippen molar-refractivity contribution in [1.29, 1.82) is 0 Å². The average Bonchev–Trinajstić information content (AvgIpc) is 2.57. The summed E-state index contributed by atoms with van der Waals surface area (Å²) in [6.45, 7) is 0. The second kappa shape index (κ2) is 9.70. The van der Waals surface area contributed by atoms with Gasteiger partial charge in [-0.2, -0.15) is 0 Å². The molecule has 11 heteroatoms. The molecule has 0 radical (unpaired) electrons. The summed E-state index contributed by atoms with van der Waals surface area (Å²) in [4.78, 5) is 12.5. The van der Waals surface area contributed by atoms with Gasteiger partial charge in [0.25, 0.3) is 5.91 Å². The van der Waals surface area contributed by atoms with E-state index in [0.717, 1.165) is 0 Å². The summed E-state index contributed by atoms with van der Waals surface area (Å²) in [5.74, 6) is -0.553. The number of hydrogen-bond acceptors (Lipinski definition) is 2. The summed E-state index contributed by atoms with van der Waals surface area (Å²) >= 11 is 41.3. The van der Waals surface area contributed by atoms with Crippen molar-refractivity contribution in [3.8, 4) is 0 Å². The summed E-state index contributed by atoms with van der Waals surface area (Å²) in [6, 6.07) is 11.4. The smallest absolute Gasteiger partial charge is 0.254 e. The van der Waals surface area contributed by atoms with Gasteiger partial charge in [0.1, 0.15) is 6.17 Å². The largest absolute Gasteiger partial charge is 0.339 e. The summed E-state index contributed by atoms with van der Waals surface area (Å²) in [6.07, 6.45) is -1.17. The maximum atomic E-state index is 12.5. The highest BCUT2D eigenvalue weighted by atomic mass is 35.6. The van der Waals surface area contributed by atoms with Crippen molar-refractivity contribution in [1.82, 2.24) is 10.6 Å². The molecular formula is C16H11Cl6N3OS. The Morgan fingerprint density at radius 3 is 2.00 bits per heavy atom. The van der Waals surface area contributed by atoms with Gasteiger partial charge in [0.15, 0.2) is 5.11 Å². The Morgan fingerprint density at radius 1 is 0.889 bits per heavy atom. The van der Waals surface area contributed by atoms with Gasteiger partial charge in [0.05, 0.1) is 26.3 Å². The van der Waals surface area contributed by atoms with E-state index in [1.54, 1.807) is 36.4 Å². The van der Waals surface area contributed by atoms with E-state index < -0.39 is 15.9 Å². The van der Waals surface area contributed by atoms with Gasteiger partial charge in [-0.1, -0.05) is 87.8 Å². The Kier molecular flexibility index (Phi) is 8.13. The van der Waals surface area contributed by atoms with Crippen molar-refractivity contribution in [3.63, 3.8) is 0 Å². The van der Waals surface area contributed by atoms with Gasteiger partial charge in [-0.3, -0.25) is 4.79 Å². The first-order valence-corrected chi connectivity index (χ1v) is 9.91. The molecule has 144 valence electrons. The normalized spacial score (nSPS) is 12.2. The van der Waals surface area contributed by atoms with Crippen LogP contribution >= 0.6 is 81.8 Å². The SMILES string of the molecule is O=C(N[C@@H](NC(=S)Nc1c(Cl)cccc1Cl)C(Cl)(Cl)Cl)c1ccccc1Cl. The number of benzene rings is 2. The first-order valence-electron chi connectivity index (χ1n) is 7.23. The molecule has 0 spiro atoms. The van der Waals surface area contributed by atoms with Gasteiger partial charge in [0.2, 0.25) is 3.79 Å². The zero-order valence-corrected chi connectivity index (χ0v) is 18.6. The average molecular weight is 506 g/mol. The van der Waals surface area contributed by atoms with Gasteiger partial charge in [0, 0.05) is 0 Å². The van der Waals surface area contributed by atoms with Crippen LogP contribution in [0.3, 0.4) is 0 Å². The molecular weight excluding hydrogens is 495 g/mol. The number of nitrogens with one attached hydrogen (secondary N) is 3. The molecule has 27 heavy (non-hydrogen) atoms. The predicted molar refractivity (Wildman–Crippen MR) is 119 cm³/mol. The third kappa shape index (κ3) is 6.43. The summed E-state index contributed by atoms with van der Waals surface area (Å²) in [5, 5.41) is 9.03. The number of alkyl halides is 3. The fourth-order valence-electron chi connectivity index (χ4n) is 1.95. The molecule has 0 aliphatic carbocycles. The molecule has 2 rings (SSSR count). The highest BCUT2D eigenvalue weighted by Crippen LogP contribution is 2.31. The summed E-state index contributed by atoms with van der Waals surface area (Å²) in [7, 11) is 0. The molecule has 0 aliphatic heterocycles. The Labute approximate surface area is 191 Å². The Bertz CT molecular complexity index is 838. The molecule has 0 saturated carbocycles. The standard InChI is InChI=1S/C16H11Cl6N3OS/c17-9-5-2-1-4-8(9)13(26)24-14(16(20,21)22)25-15(27)23-12-10(18)6-3-7-11(12)19/h1-7,14H,(H,24,26)(H2,23,25,27)/t14-/m0/s1. The molecule has 2 aromatic rings. The third-order valence-electron chi connectivity index (χ3n) is 3.20. The van der Waals surface area contributed by atoms with Crippen LogP contribution in [0.5, 0.6) is 0 Å². The number of rotatable bonds is 4. The number of hydrogen-bond donors (Lipinski definition) is 3. The van der Waals surface area contributed by atoms with E-state index >= 15 is 0 Å². The monoisotopic (exact) mass is 503 g/mol. The maximum Gasteiger partial charge on any atom is 0.254 e. The molecule has 0 saturated heterocycles. The lowest BCUT2D eigenvalue weighted by atomic mass is 10.2. The van der Waals surface area contributed by atoms with Crippen LogP contribution in [0.25, 0.3) is 0 Å². The van der Waals surface area contributed by atoms with E-state index in [2.05, 4.69) is 16.0 Å². The lowest BCUT2D eigenvalue weighted by Gasteiger charge is -2.28. The van der Waals surface area contributed by atoms with E-state index in [0.29, 0.717) is 15.7 Å². The van der Waals surface area contributed by atoms with Crippen LogP contribution in [-0.2, 0) is 0 Å². The van der Waals surface area contributed by atoms with Crippen molar-refractivity contribution in [3.05, 3.63) is 63.1 Å². The van der Waals surface area contributed by atoms with Crippen LogP contribution in [-0.4, -0.2) is 21.0 Å². The topological polar surface area (TPSA) is 53.2 Å². The van der Waals surface area contributed by atoms with Crippen molar-refractivity contribution in [2.24, 2.45) is 0 Å². The van der Waals surface area contributed by atoms with Crippen LogP contribution in [0.15, 0.2) is 42.5 Å². The Balaban J connectivity index is 2.14. The molecule has 1 atom stereocenters. The van der Waals surface area contributed by atoms with E-state index in [1.807, 2.05) is 0 Å². The lowest BCUT2D eigenvalue weighted by Crippen LogP contribution is -2.56. The Hall–Kier alpha value is -0.660. The molecule has 0 heterocycles. The molecule has 0 aromatic heterocycles. The summed E-state index contributed by atoms with van der Waals surface area (Å²) in [5.41, 5.74) is 0.590. The van der Waals surface area contributed by atoms with Crippen LogP contribution in [0.2, 0.25) is 15.1 Å². The highest BCUT2D eigenvalue weighted by molar-refractivity contribution is 7.80. The fraction of sp³-hybridized carbons (Fsp3) is 0.125. The minimum absolute atomic E-state index is 0.0285. The zero-order chi connectivity index (χ0) is 20.2. The van der Waals surface area contributed by atoms with Crippen molar-refractivity contribution >= 4 is 98.5 Å². The quantitative estimate of drug-likeness (QED) is 0.268. The van der Waals surface area contributed by atoms with E-state index in [9.17, 15) is 4.79 Å². The lowest BCUT2D eigenvalue weighted by molar-refractivity contribution is 0.0934. The molecule has 3 N–H and O–H groups in total. The molecule has 0 aliphatic rings. The first kappa shape index (κ1) is 22.6. The molecule has 0 fully saturated rings. The second-order valence-electron chi connectivity index (χ2n) is 5.12. The molecule has 0 unspecified atom stereocenters. The number of carbonyl (C=O) groups excluding carboxylic acids is 1. The molecule has 1 amide bonds. The molecule has 2 aromatic carbocycles. The number of para-hydroxylation sites is 1. The van der Waals surface area contributed by atoms with Crippen LogP contribution in [0, 0.1) is 0 Å². The second-order valence-corrected chi connectivity index (χ2v) is 9.12. The van der Waals surface area contributed by atoms with Crippen molar-refractivity contribution < 1.29 is 4.79 Å². The van der Waals surface area contributed by atoms with Crippen LogP contribution < -0.4 is 16.0 Å². The van der Waals surface area contributed by atoms with Gasteiger partial charge in [-0.15, -0.1) is 0 Å². The number of thiocarbonyl (C=S) groups is 1. The zero-order valence-electron chi connectivity index (χ0n) is 13.2. The number of carbonyl (C=O) groups is 1. The maximum absolute atomic E-state index is 12.5. The van der Waals surface area contributed by atoms with Crippen molar-refractivity contribution in [2.75, 3.05) is 5.32 Å². The van der Waals surface area contributed by atoms with E-state index in [1.165, 1.54) is 6.07 Å². The van der Waals surface area contributed by atoms with E-state index in [-0.39, 0.29) is 15.7 Å². The fourth-order valence-corrected chi connectivity index (χ4v) is 3.21. The van der Waals surface area contributed by atoms with Crippen LogP contribution in [0.4, 0.5) is 5.69 Å². The van der Waals surface area contributed by atoms with Crippen molar-refractivity contribution in [2.45, 2.75) is 9.96 Å². The predicted octanol–water partition coefficient (Wildman–Crippen LogP) is 6.06. The minimum Gasteiger partial charge on any atom is -0.339 e. The highest BCUT2D eigenvalue weighted by Gasteiger charge is 2.35. The van der Waals surface area contributed by atoms with Gasteiger partial charge >= 0.3 is 0 Å². The number of halogens is 6. The summed E-state index contributed by atoms with van der Waals surface area (Å²) < 4.78 is -1.92. The van der Waals surface area contributed by atoms with Crippen LogP contribution in [0.1, 0.15) is 10.4 Å². The first-order chi connectivity index (χ1) is 12.6.